The molecule has 10 heteroatoms. The van der Waals surface area contributed by atoms with Crippen LogP contribution in [0.3, 0.4) is 0 Å². The van der Waals surface area contributed by atoms with E-state index in [1.807, 2.05) is 13.1 Å². The van der Waals surface area contributed by atoms with Crippen molar-refractivity contribution >= 4 is 27.5 Å². The first-order valence-electron chi connectivity index (χ1n) is 7.03. The van der Waals surface area contributed by atoms with Crippen LogP contribution in [0.4, 0.5) is 5.69 Å². The highest BCUT2D eigenvalue weighted by Crippen LogP contribution is 2.20. The van der Waals surface area contributed by atoms with Crippen LogP contribution >= 0.6 is 15.9 Å². The topological polar surface area (TPSA) is 108 Å². The maximum absolute atomic E-state index is 12.2. The third kappa shape index (κ3) is 3.58. The lowest BCUT2D eigenvalue weighted by Crippen LogP contribution is -2.31. The molecule has 0 fully saturated rings. The van der Waals surface area contributed by atoms with Gasteiger partial charge in [-0.2, -0.15) is 10.2 Å². The first kappa shape index (κ1) is 17.1. The van der Waals surface area contributed by atoms with E-state index >= 15 is 0 Å². The number of halogens is 1. The van der Waals surface area contributed by atoms with Gasteiger partial charge in [-0.25, -0.2) is 0 Å². The Bertz CT molecular complexity index is 738. The van der Waals surface area contributed by atoms with Crippen molar-refractivity contribution in [3.05, 3.63) is 38.4 Å². The van der Waals surface area contributed by atoms with E-state index in [2.05, 4.69) is 31.4 Å². The van der Waals surface area contributed by atoms with Crippen molar-refractivity contribution in [3.63, 3.8) is 0 Å². The van der Waals surface area contributed by atoms with Gasteiger partial charge in [0.2, 0.25) is 5.91 Å². The van der Waals surface area contributed by atoms with E-state index in [0.717, 1.165) is 22.9 Å². The molecule has 0 saturated carbocycles. The quantitative estimate of drug-likeness (QED) is 0.604. The predicted octanol–water partition coefficient (Wildman–Crippen LogP) is 1.96. The van der Waals surface area contributed by atoms with Crippen LogP contribution in [0.25, 0.3) is 0 Å². The molecular formula is C13H17BrN6O3. The summed E-state index contributed by atoms with van der Waals surface area (Å²) in [7, 11) is 0. The van der Waals surface area contributed by atoms with Crippen LogP contribution in [0, 0.1) is 17.0 Å². The fourth-order valence-corrected chi connectivity index (χ4v) is 2.59. The second-order valence-corrected chi connectivity index (χ2v) is 5.84. The van der Waals surface area contributed by atoms with Crippen LogP contribution in [0.5, 0.6) is 0 Å². The van der Waals surface area contributed by atoms with Crippen LogP contribution in [-0.4, -0.2) is 30.4 Å². The van der Waals surface area contributed by atoms with Gasteiger partial charge in [0.1, 0.15) is 17.9 Å². The number of amides is 1. The van der Waals surface area contributed by atoms with Crippen LogP contribution in [0.1, 0.15) is 31.3 Å². The maximum atomic E-state index is 12.2. The van der Waals surface area contributed by atoms with E-state index in [1.54, 1.807) is 18.5 Å². The van der Waals surface area contributed by atoms with Gasteiger partial charge in [0.25, 0.3) is 0 Å². The second-order valence-electron chi connectivity index (χ2n) is 4.99. The van der Waals surface area contributed by atoms with Crippen LogP contribution in [-0.2, 0) is 17.9 Å². The molecule has 0 aromatic carbocycles. The van der Waals surface area contributed by atoms with Gasteiger partial charge in [0, 0.05) is 12.7 Å². The summed E-state index contributed by atoms with van der Waals surface area (Å²) in [5.41, 5.74) is 0.957. The Morgan fingerprint density at radius 3 is 2.78 bits per heavy atom. The summed E-state index contributed by atoms with van der Waals surface area (Å²) in [5.74, 6) is -0.288. The molecule has 1 atom stereocenters. The predicted molar refractivity (Wildman–Crippen MR) is 85.8 cm³/mol. The molecule has 0 aliphatic heterocycles. The number of hydrogen-bond donors (Lipinski definition) is 1. The molecule has 2 aromatic rings. The average molecular weight is 385 g/mol. The third-order valence-electron chi connectivity index (χ3n) is 3.50. The number of aromatic nitrogens is 4. The zero-order valence-electron chi connectivity index (χ0n) is 13.0. The fraction of sp³-hybridized carbons (Fsp3) is 0.462. The van der Waals surface area contributed by atoms with Crippen LogP contribution in [0.15, 0.2) is 16.9 Å². The minimum Gasteiger partial charge on any atom is -0.348 e. The van der Waals surface area contributed by atoms with Gasteiger partial charge >= 0.3 is 5.69 Å². The summed E-state index contributed by atoms with van der Waals surface area (Å²) in [5, 5.41) is 21.9. The second kappa shape index (κ2) is 6.90. The summed E-state index contributed by atoms with van der Waals surface area (Å²) in [6.07, 6.45) is 2.99. The molecule has 1 amide bonds. The summed E-state index contributed by atoms with van der Waals surface area (Å²) >= 11 is 3.39. The van der Waals surface area contributed by atoms with E-state index in [-0.39, 0.29) is 18.1 Å². The minimum atomic E-state index is -0.657. The number of nitro groups is 1. The number of nitrogens with one attached hydrogen (secondary N) is 1. The molecule has 0 saturated heterocycles. The molecule has 0 aliphatic rings. The lowest BCUT2D eigenvalue weighted by Gasteiger charge is -2.13. The molecule has 0 bridgehead atoms. The summed E-state index contributed by atoms with van der Waals surface area (Å²) in [6, 6.07) is -0.657. The van der Waals surface area contributed by atoms with Gasteiger partial charge in [-0.15, -0.1) is 0 Å². The number of hydrogen-bond acceptors (Lipinski definition) is 5. The highest BCUT2D eigenvalue weighted by Gasteiger charge is 2.23. The smallest absolute Gasteiger partial charge is 0.309 e. The van der Waals surface area contributed by atoms with Gasteiger partial charge in [-0.05, 0) is 36.7 Å². The van der Waals surface area contributed by atoms with Crippen LogP contribution < -0.4 is 5.32 Å². The molecule has 2 aromatic heterocycles. The number of rotatable bonds is 6. The van der Waals surface area contributed by atoms with Crippen molar-refractivity contribution < 1.29 is 9.72 Å². The first-order valence-corrected chi connectivity index (χ1v) is 7.82. The fourth-order valence-electron chi connectivity index (χ4n) is 2.13. The molecule has 9 nitrogen and oxygen atoms in total. The normalized spacial score (nSPS) is 12.2. The molecule has 0 aliphatic carbocycles. The van der Waals surface area contributed by atoms with Gasteiger partial charge in [-0.1, -0.05) is 0 Å². The Kier molecular flexibility index (Phi) is 5.14. The lowest BCUT2D eigenvalue weighted by atomic mass is 10.3. The molecule has 124 valence electrons. The van der Waals surface area contributed by atoms with Gasteiger partial charge in [0.15, 0.2) is 0 Å². The van der Waals surface area contributed by atoms with Crippen LogP contribution in [0.2, 0.25) is 0 Å². The van der Waals surface area contributed by atoms with E-state index in [0.29, 0.717) is 5.69 Å². The van der Waals surface area contributed by atoms with Crippen molar-refractivity contribution in [1.29, 1.82) is 0 Å². The molecule has 1 unspecified atom stereocenters. The summed E-state index contributed by atoms with van der Waals surface area (Å²) in [4.78, 5) is 22.6. The minimum absolute atomic E-state index is 0.103. The molecular weight excluding hydrogens is 368 g/mol. The molecule has 2 heterocycles. The van der Waals surface area contributed by atoms with Crippen molar-refractivity contribution in [2.24, 2.45) is 0 Å². The largest absolute Gasteiger partial charge is 0.348 e. The zero-order valence-corrected chi connectivity index (χ0v) is 14.6. The van der Waals surface area contributed by atoms with E-state index in [4.69, 9.17) is 0 Å². The third-order valence-corrected chi connectivity index (χ3v) is 4.17. The molecule has 0 radical (unpaired) electrons. The Labute approximate surface area is 140 Å². The Morgan fingerprint density at radius 2 is 2.26 bits per heavy atom. The standard InChI is InChI=1S/C13H17BrN6O3/c1-4-18-7-10(14)11(17-18)5-15-13(21)9(3)19-8(2)12(6-16-19)20(22)23/h6-7,9H,4-5H2,1-3H3,(H,15,21). The van der Waals surface area contributed by atoms with Gasteiger partial charge in [0.05, 0.1) is 21.6 Å². The number of carbonyl (C=O) groups is 1. The highest BCUT2D eigenvalue weighted by atomic mass is 79.9. The maximum Gasteiger partial charge on any atom is 0.309 e. The highest BCUT2D eigenvalue weighted by molar-refractivity contribution is 9.10. The monoisotopic (exact) mass is 384 g/mol. The Balaban J connectivity index is 2.05. The van der Waals surface area contributed by atoms with Crippen molar-refractivity contribution in [2.75, 3.05) is 0 Å². The van der Waals surface area contributed by atoms with Gasteiger partial charge in [-0.3, -0.25) is 24.3 Å². The average Bonchev–Trinajstić information content (AvgIpc) is 3.06. The van der Waals surface area contributed by atoms with E-state index in [1.165, 1.54) is 4.68 Å². The molecule has 1 N–H and O–H groups in total. The Morgan fingerprint density at radius 1 is 1.57 bits per heavy atom. The number of aryl methyl sites for hydroxylation is 1. The molecule has 23 heavy (non-hydrogen) atoms. The summed E-state index contributed by atoms with van der Waals surface area (Å²) in [6.45, 7) is 6.17. The SMILES string of the molecule is CCn1cc(Br)c(CNC(=O)C(C)n2ncc([N+](=O)[O-])c2C)n1. The van der Waals surface area contributed by atoms with E-state index < -0.39 is 11.0 Å². The molecule has 0 spiro atoms. The number of nitrogens with zero attached hydrogens (tertiary/aromatic N) is 5. The lowest BCUT2D eigenvalue weighted by molar-refractivity contribution is -0.385. The van der Waals surface area contributed by atoms with Crippen molar-refractivity contribution in [3.8, 4) is 0 Å². The van der Waals surface area contributed by atoms with Gasteiger partial charge < -0.3 is 5.32 Å². The summed E-state index contributed by atoms with van der Waals surface area (Å²) < 4.78 is 3.92. The van der Waals surface area contributed by atoms with E-state index in [9.17, 15) is 14.9 Å². The number of carbonyl (C=O) groups excluding carboxylic acids is 1. The zero-order chi connectivity index (χ0) is 17.1. The Hall–Kier alpha value is -2.23. The first-order chi connectivity index (χ1) is 10.8. The van der Waals surface area contributed by atoms with Crippen molar-refractivity contribution in [2.45, 2.75) is 39.9 Å². The van der Waals surface area contributed by atoms with Crippen molar-refractivity contribution in [1.82, 2.24) is 24.9 Å². The molecule has 2 rings (SSSR count).